The number of likely N-dealkylation sites (N-methyl/N-ethyl adjacent to an activating group) is 1. The van der Waals surface area contributed by atoms with Crippen molar-refractivity contribution in [3.8, 4) is 0 Å². The van der Waals surface area contributed by atoms with Gasteiger partial charge in [0.25, 0.3) is 0 Å². The average Bonchev–Trinajstić information content (AvgIpc) is 2.84. The summed E-state index contributed by atoms with van der Waals surface area (Å²) in [6.07, 6.45) is 2.50. The molecule has 3 rings (SSSR count). The summed E-state index contributed by atoms with van der Waals surface area (Å²) in [5.74, 6) is 0. The van der Waals surface area contributed by atoms with Gasteiger partial charge < -0.3 is 9.30 Å². The van der Waals surface area contributed by atoms with Crippen LogP contribution in [0.3, 0.4) is 0 Å². The summed E-state index contributed by atoms with van der Waals surface area (Å²) in [5.41, 5.74) is 2.66. The summed E-state index contributed by atoms with van der Waals surface area (Å²) < 4.78 is 8.23. The minimum atomic E-state index is 0.310. The first-order valence-electron chi connectivity index (χ1n) is 7.16. The fraction of sp³-hybridized carbons (Fsp3) is 0.500. The standard InChI is InChI=1S/C16H22N2O/c1-3-17-9-10-19-14(11-17)12-18-8-7-15-13(2)5-4-6-16(15)18/h4-8,14H,3,9-12H2,1-2H3. The lowest BCUT2D eigenvalue weighted by atomic mass is 10.1. The number of aryl methyl sites for hydroxylation is 1. The van der Waals surface area contributed by atoms with Gasteiger partial charge in [-0.2, -0.15) is 0 Å². The van der Waals surface area contributed by atoms with Gasteiger partial charge in [0.15, 0.2) is 0 Å². The molecule has 102 valence electrons. The third-order valence-electron chi connectivity index (χ3n) is 4.10. The largest absolute Gasteiger partial charge is 0.374 e. The molecule has 1 saturated heterocycles. The molecule has 3 nitrogen and oxygen atoms in total. The van der Waals surface area contributed by atoms with Crippen LogP contribution in [0, 0.1) is 6.92 Å². The highest BCUT2D eigenvalue weighted by atomic mass is 16.5. The molecule has 0 saturated carbocycles. The van der Waals surface area contributed by atoms with Crippen molar-refractivity contribution in [2.24, 2.45) is 0 Å². The number of hydrogen-bond acceptors (Lipinski definition) is 2. The highest BCUT2D eigenvalue weighted by Gasteiger charge is 2.20. The molecule has 0 spiro atoms. The average molecular weight is 258 g/mol. The Morgan fingerprint density at radius 2 is 2.21 bits per heavy atom. The van der Waals surface area contributed by atoms with Crippen molar-refractivity contribution in [3.63, 3.8) is 0 Å². The molecule has 1 fully saturated rings. The van der Waals surface area contributed by atoms with E-state index in [-0.39, 0.29) is 0 Å². The molecule has 0 radical (unpaired) electrons. The number of fused-ring (bicyclic) bond motifs is 1. The van der Waals surface area contributed by atoms with Gasteiger partial charge in [0.1, 0.15) is 0 Å². The van der Waals surface area contributed by atoms with E-state index in [0.29, 0.717) is 6.10 Å². The van der Waals surface area contributed by atoms with Crippen LogP contribution in [-0.2, 0) is 11.3 Å². The fourth-order valence-corrected chi connectivity index (χ4v) is 2.93. The molecule has 2 heterocycles. The Bertz CT molecular complexity index is 561. The van der Waals surface area contributed by atoms with Crippen LogP contribution in [0.5, 0.6) is 0 Å². The zero-order valence-electron chi connectivity index (χ0n) is 11.8. The Balaban J connectivity index is 1.80. The molecule has 1 aromatic carbocycles. The van der Waals surface area contributed by atoms with Gasteiger partial charge in [-0.25, -0.2) is 0 Å². The lowest BCUT2D eigenvalue weighted by molar-refractivity contribution is -0.0337. The first-order chi connectivity index (χ1) is 9.28. The number of aromatic nitrogens is 1. The number of hydrogen-bond donors (Lipinski definition) is 0. The summed E-state index contributed by atoms with van der Waals surface area (Å²) in [6.45, 7) is 9.42. The van der Waals surface area contributed by atoms with Crippen molar-refractivity contribution in [2.75, 3.05) is 26.2 Å². The van der Waals surface area contributed by atoms with E-state index in [1.165, 1.54) is 16.5 Å². The summed E-state index contributed by atoms with van der Waals surface area (Å²) >= 11 is 0. The summed E-state index contributed by atoms with van der Waals surface area (Å²) in [4.78, 5) is 2.46. The van der Waals surface area contributed by atoms with E-state index in [0.717, 1.165) is 32.8 Å². The second kappa shape index (κ2) is 5.35. The number of rotatable bonds is 3. The third-order valence-corrected chi connectivity index (χ3v) is 4.10. The SMILES string of the molecule is CCN1CCOC(Cn2ccc3c(C)cccc32)C1. The summed E-state index contributed by atoms with van der Waals surface area (Å²) in [6, 6.07) is 8.71. The molecule has 2 aromatic rings. The molecule has 3 heteroatoms. The van der Waals surface area contributed by atoms with Crippen molar-refractivity contribution in [3.05, 3.63) is 36.0 Å². The second-order valence-electron chi connectivity index (χ2n) is 5.36. The van der Waals surface area contributed by atoms with E-state index in [4.69, 9.17) is 4.74 Å². The number of ether oxygens (including phenoxy) is 1. The first kappa shape index (κ1) is 12.7. The monoisotopic (exact) mass is 258 g/mol. The summed E-state index contributed by atoms with van der Waals surface area (Å²) in [7, 11) is 0. The minimum absolute atomic E-state index is 0.310. The molecular weight excluding hydrogens is 236 g/mol. The van der Waals surface area contributed by atoms with Crippen LogP contribution < -0.4 is 0 Å². The highest BCUT2D eigenvalue weighted by Crippen LogP contribution is 2.20. The molecule has 1 unspecified atom stereocenters. The first-order valence-corrected chi connectivity index (χ1v) is 7.16. The molecule has 1 aliphatic heterocycles. The van der Waals surface area contributed by atoms with Gasteiger partial charge in [-0.3, -0.25) is 4.90 Å². The van der Waals surface area contributed by atoms with Gasteiger partial charge in [0, 0.05) is 30.2 Å². The van der Waals surface area contributed by atoms with Gasteiger partial charge in [-0.1, -0.05) is 19.1 Å². The number of morpholine rings is 1. The van der Waals surface area contributed by atoms with Crippen molar-refractivity contribution >= 4 is 10.9 Å². The molecule has 1 atom stereocenters. The van der Waals surface area contributed by atoms with Crippen LogP contribution in [0.15, 0.2) is 30.5 Å². The maximum Gasteiger partial charge on any atom is 0.0881 e. The second-order valence-corrected chi connectivity index (χ2v) is 5.36. The van der Waals surface area contributed by atoms with E-state index < -0.39 is 0 Å². The third kappa shape index (κ3) is 2.53. The fourth-order valence-electron chi connectivity index (χ4n) is 2.93. The van der Waals surface area contributed by atoms with E-state index >= 15 is 0 Å². The van der Waals surface area contributed by atoms with Crippen LogP contribution >= 0.6 is 0 Å². The predicted molar refractivity (Wildman–Crippen MR) is 78.5 cm³/mol. The Hall–Kier alpha value is -1.32. The normalized spacial score (nSPS) is 21.1. The highest BCUT2D eigenvalue weighted by molar-refractivity contribution is 5.83. The lowest BCUT2D eigenvalue weighted by Gasteiger charge is -2.32. The zero-order chi connectivity index (χ0) is 13.2. The maximum absolute atomic E-state index is 5.90. The maximum atomic E-state index is 5.90. The summed E-state index contributed by atoms with van der Waals surface area (Å²) in [5, 5.41) is 1.35. The van der Waals surface area contributed by atoms with Gasteiger partial charge in [-0.15, -0.1) is 0 Å². The molecule has 0 N–H and O–H groups in total. The van der Waals surface area contributed by atoms with Crippen LogP contribution in [0.2, 0.25) is 0 Å². The van der Waals surface area contributed by atoms with Crippen molar-refractivity contribution in [1.82, 2.24) is 9.47 Å². The van der Waals surface area contributed by atoms with Gasteiger partial charge in [-0.05, 0) is 31.2 Å². The van der Waals surface area contributed by atoms with Gasteiger partial charge >= 0.3 is 0 Å². The van der Waals surface area contributed by atoms with Gasteiger partial charge in [0.05, 0.1) is 19.3 Å². The van der Waals surface area contributed by atoms with Crippen LogP contribution in [-0.4, -0.2) is 41.8 Å². The van der Waals surface area contributed by atoms with Crippen LogP contribution in [0.1, 0.15) is 12.5 Å². The lowest BCUT2D eigenvalue weighted by Crippen LogP contribution is -2.43. The van der Waals surface area contributed by atoms with Crippen molar-refractivity contribution in [1.29, 1.82) is 0 Å². The van der Waals surface area contributed by atoms with E-state index in [1.807, 2.05) is 0 Å². The molecule has 1 aromatic heterocycles. The molecule has 1 aliphatic rings. The Morgan fingerprint density at radius 3 is 3.05 bits per heavy atom. The zero-order valence-corrected chi connectivity index (χ0v) is 11.8. The Morgan fingerprint density at radius 1 is 1.32 bits per heavy atom. The van der Waals surface area contributed by atoms with Crippen molar-refractivity contribution < 1.29 is 4.74 Å². The molecule has 0 amide bonds. The Labute approximate surface area is 114 Å². The minimum Gasteiger partial charge on any atom is -0.374 e. The van der Waals surface area contributed by atoms with E-state index in [1.54, 1.807) is 0 Å². The van der Waals surface area contributed by atoms with Crippen molar-refractivity contribution in [2.45, 2.75) is 26.5 Å². The molecule has 19 heavy (non-hydrogen) atoms. The molecule has 0 aliphatic carbocycles. The quantitative estimate of drug-likeness (QED) is 0.842. The smallest absolute Gasteiger partial charge is 0.0881 e. The molecule has 0 bridgehead atoms. The van der Waals surface area contributed by atoms with E-state index in [9.17, 15) is 0 Å². The van der Waals surface area contributed by atoms with Crippen LogP contribution in [0.4, 0.5) is 0 Å². The van der Waals surface area contributed by atoms with Gasteiger partial charge in [0.2, 0.25) is 0 Å². The molecular formula is C16H22N2O. The number of nitrogens with zero attached hydrogens (tertiary/aromatic N) is 2. The van der Waals surface area contributed by atoms with E-state index in [2.05, 4.69) is 53.8 Å². The predicted octanol–water partition coefficient (Wildman–Crippen LogP) is 2.67. The number of benzene rings is 1. The Kier molecular flexibility index (Phi) is 3.58. The topological polar surface area (TPSA) is 17.4 Å². The van der Waals surface area contributed by atoms with Crippen LogP contribution in [0.25, 0.3) is 10.9 Å².